The normalized spacial score (nSPS) is 11.1. The third kappa shape index (κ3) is 4.64. The van der Waals surface area contributed by atoms with Gasteiger partial charge in [-0.2, -0.15) is 9.57 Å². The minimum Gasteiger partial charge on any atom is -0.465 e. The highest BCUT2D eigenvalue weighted by Crippen LogP contribution is 2.11. The lowest BCUT2D eigenvalue weighted by molar-refractivity contribution is -0.143. The molecule has 6 nitrogen and oxygen atoms in total. The fourth-order valence-electron chi connectivity index (χ4n) is 1.54. The number of rotatable bonds is 6. The number of sulfonamides is 1. The Morgan fingerprint density at radius 3 is 2.75 bits per heavy atom. The van der Waals surface area contributed by atoms with Crippen LogP contribution in [0.1, 0.15) is 18.1 Å². The number of carbonyl (C=O) groups excluding carboxylic acids is 1. The molecule has 7 heteroatoms. The van der Waals surface area contributed by atoms with Gasteiger partial charge in [0.1, 0.15) is 6.54 Å². The number of nitrogens with zero attached hydrogens (tertiary/aromatic N) is 2. The first-order valence-corrected chi connectivity index (χ1v) is 7.58. The zero-order valence-electron chi connectivity index (χ0n) is 11.4. The van der Waals surface area contributed by atoms with Crippen molar-refractivity contribution in [1.29, 1.82) is 5.26 Å². The number of hydrogen-bond acceptors (Lipinski definition) is 5. The number of carbonyl (C=O) groups is 1. The van der Waals surface area contributed by atoms with Crippen LogP contribution in [0.15, 0.2) is 24.3 Å². The molecule has 0 spiro atoms. The summed E-state index contributed by atoms with van der Waals surface area (Å²) in [5.41, 5.74) is 0.894. The van der Waals surface area contributed by atoms with Crippen LogP contribution in [0.3, 0.4) is 0 Å². The van der Waals surface area contributed by atoms with Crippen LogP contribution in [-0.4, -0.2) is 38.9 Å². The molecule has 0 heterocycles. The topological polar surface area (TPSA) is 87.5 Å². The first-order valence-electron chi connectivity index (χ1n) is 5.97. The van der Waals surface area contributed by atoms with E-state index in [1.807, 2.05) is 6.07 Å². The van der Waals surface area contributed by atoms with E-state index in [9.17, 15) is 13.2 Å². The minimum absolute atomic E-state index is 0.205. The van der Waals surface area contributed by atoms with Gasteiger partial charge in [-0.25, -0.2) is 8.42 Å². The smallest absolute Gasteiger partial charge is 0.321 e. The van der Waals surface area contributed by atoms with E-state index in [0.29, 0.717) is 11.1 Å². The third-order valence-electron chi connectivity index (χ3n) is 2.54. The molecular weight excluding hydrogens is 280 g/mol. The number of hydrogen-bond donors (Lipinski definition) is 0. The summed E-state index contributed by atoms with van der Waals surface area (Å²) in [7, 11) is -2.31. The second-order valence-corrected chi connectivity index (χ2v) is 6.21. The van der Waals surface area contributed by atoms with Crippen molar-refractivity contribution in [3.05, 3.63) is 35.4 Å². The van der Waals surface area contributed by atoms with Crippen LogP contribution in [-0.2, 0) is 25.3 Å². The number of likely N-dealkylation sites (N-methyl/N-ethyl adjacent to an activating group) is 1. The lowest BCUT2D eigenvalue weighted by atomic mass is 10.2. The molecule has 0 radical (unpaired) electrons. The Morgan fingerprint density at radius 2 is 2.15 bits per heavy atom. The van der Waals surface area contributed by atoms with Gasteiger partial charge in [0.2, 0.25) is 10.0 Å². The first-order chi connectivity index (χ1) is 9.39. The molecule has 0 aliphatic rings. The fraction of sp³-hybridized carbons (Fsp3) is 0.385. The molecule has 108 valence electrons. The average Bonchev–Trinajstić information content (AvgIpc) is 2.38. The molecule has 0 amide bonds. The van der Waals surface area contributed by atoms with Gasteiger partial charge in [0.15, 0.2) is 0 Å². The van der Waals surface area contributed by atoms with Gasteiger partial charge < -0.3 is 4.74 Å². The second kappa shape index (κ2) is 7.03. The van der Waals surface area contributed by atoms with E-state index in [0.717, 1.165) is 4.31 Å². The molecule has 1 rings (SSSR count). The number of nitriles is 1. The highest BCUT2D eigenvalue weighted by molar-refractivity contribution is 7.88. The quantitative estimate of drug-likeness (QED) is 0.727. The summed E-state index contributed by atoms with van der Waals surface area (Å²) in [5, 5.41) is 8.78. The minimum atomic E-state index is -3.63. The Morgan fingerprint density at radius 1 is 1.45 bits per heavy atom. The van der Waals surface area contributed by atoms with Crippen LogP contribution >= 0.6 is 0 Å². The van der Waals surface area contributed by atoms with Crippen molar-refractivity contribution in [3.63, 3.8) is 0 Å². The van der Waals surface area contributed by atoms with Gasteiger partial charge >= 0.3 is 5.97 Å². The molecule has 0 aromatic heterocycles. The standard InChI is InChI=1S/C13H16N2O4S/c1-3-19-13(16)9-15(2)20(17,18)10-12-6-4-5-11(7-12)8-14/h4-7H,3,9-10H2,1-2H3. The van der Waals surface area contributed by atoms with Crippen molar-refractivity contribution in [2.24, 2.45) is 0 Å². The van der Waals surface area contributed by atoms with E-state index in [1.165, 1.54) is 13.1 Å². The molecule has 1 aromatic rings. The Kier molecular flexibility index (Phi) is 5.67. The predicted molar refractivity (Wildman–Crippen MR) is 73.0 cm³/mol. The Hall–Kier alpha value is -1.91. The summed E-state index contributed by atoms with van der Waals surface area (Å²) in [6.45, 7) is 1.53. The van der Waals surface area contributed by atoms with E-state index in [2.05, 4.69) is 0 Å². The number of ether oxygens (including phenoxy) is 1. The summed E-state index contributed by atoms with van der Waals surface area (Å²) in [6.07, 6.45) is 0. The average molecular weight is 296 g/mol. The van der Waals surface area contributed by atoms with Crippen molar-refractivity contribution in [2.75, 3.05) is 20.2 Å². The Labute approximate surface area is 118 Å². The molecule has 0 saturated heterocycles. The molecule has 0 aliphatic heterocycles. The first kappa shape index (κ1) is 16.1. The predicted octanol–water partition coefficient (Wildman–Crippen LogP) is 0.883. The van der Waals surface area contributed by atoms with Gasteiger partial charge in [-0.05, 0) is 24.6 Å². The maximum absolute atomic E-state index is 12.1. The maximum Gasteiger partial charge on any atom is 0.321 e. The highest BCUT2D eigenvalue weighted by Gasteiger charge is 2.21. The Balaban J connectivity index is 2.78. The van der Waals surface area contributed by atoms with E-state index in [4.69, 9.17) is 10.00 Å². The van der Waals surface area contributed by atoms with E-state index in [-0.39, 0.29) is 18.9 Å². The van der Waals surface area contributed by atoms with E-state index in [1.54, 1.807) is 25.1 Å². The molecular formula is C13H16N2O4S. The number of esters is 1. The lowest BCUT2D eigenvalue weighted by Crippen LogP contribution is -2.34. The summed E-state index contributed by atoms with van der Waals surface area (Å²) < 4.78 is 29.8. The van der Waals surface area contributed by atoms with Crippen molar-refractivity contribution in [3.8, 4) is 6.07 Å². The molecule has 0 saturated carbocycles. The van der Waals surface area contributed by atoms with Gasteiger partial charge in [-0.15, -0.1) is 0 Å². The molecule has 0 atom stereocenters. The summed E-state index contributed by atoms with van der Waals surface area (Å²) in [5.74, 6) is -0.859. The van der Waals surface area contributed by atoms with Gasteiger partial charge in [0.05, 0.1) is 24.0 Å². The number of benzene rings is 1. The molecule has 0 unspecified atom stereocenters. The molecule has 0 bridgehead atoms. The molecule has 0 fully saturated rings. The zero-order chi connectivity index (χ0) is 15.2. The zero-order valence-corrected chi connectivity index (χ0v) is 12.2. The summed E-state index contributed by atoms with van der Waals surface area (Å²) >= 11 is 0. The highest BCUT2D eigenvalue weighted by atomic mass is 32.2. The second-order valence-electron chi connectivity index (χ2n) is 4.13. The van der Waals surface area contributed by atoms with Crippen LogP contribution in [0.25, 0.3) is 0 Å². The van der Waals surface area contributed by atoms with Crippen LogP contribution in [0.2, 0.25) is 0 Å². The van der Waals surface area contributed by atoms with Crippen molar-refractivity contribution < 1.29 is 17.9 Å². The van der Waals surface area contributed by atoms with Crippen molar-refractivity contribution in [2.45, 2.75) is 12.7 Å². The molecule has 0 aliphatic carbocycles. The van der Waals surface area contributed by atoms with Crippen molar-refractivity contribution in [1.82, 2.24) is 4.31 Å². The molecule has 1 aromatic carbocycles. The van der Waals surface area contributed by atoms with Crippen LogP contribution in [0.5, 0.6) is 0 Å². The molecule has 20 heavy (non-hydrogen) atoms. The van der Waals surface area contributed by atoms with Gasteiger partial charge in [-0.1, -0.05) is 12.1 Å². The summed E-state index contributed by atoms with van der Waals surface area (Å²) in [4.78, 5) is 11.3. The lowest BCUT2D eigenvalue weighted by Gasteiger charge is -2.16. The van der Waals surface area contributed by atoms with E-state index < -0.39 is 16.0 Å². The van der Waals surface area contributed by atoms with E-state index >= 15 is 0 Å². The van der Waals surface area contributed by atoms with Gasteiger partial charge in [0.25, 0.3) is 0 Å². The SMILES string of the molecule is CCOC(=O)CN(C)S(=O)(=O)Cc1cccc(C#N)c1. The van der Waals surface area contributed by atoms with Gasteiger partial charge in [0, 0.05) is 7.05 Å². The largest absolute Gasteiger partial charge is 0.465 e. The van der Waals surface area contributed by atoms with Crippen LogP contribution < -0.4 is 0 Å². The molecule has 0 N–H and O–H groups in total. The fourth-order valence-corrected chi connectivity index (χ4v) is 2.66. The third-order valence-corrected chi connectivity index (χ3v) is 4.31. The van der Waals surface area contributed by atoms with Crippen LogP contribution in [0, 0.1) is 11.3 Å². The Bertz CT molecular complexity index is 620. The monoisotopic (exact) mass is 296 g/mol. The summed E-state index contributed by atoms with van der Waals surface area (Å²) in [6, 6.07) is 8.30. The van der Waals surface area contributed by atoms with Crippen LogP contribution in [0.4, 0.5) is 0 Å². The van der Waals surface area contributed by atoms with Crippen molar-refractivity contribution >= 4 is 16.0 Å². The van der Waals surface area contributed by atoms with Gasteiger partial charge in [-0.3, -0.25) is 4.79 Å². The maximum atomic E-state index is 12.1.